The highest BCUT2D eigenvalue weighted by molar-refractivity contribution is 5.93. The molecule has 2 fully saturated rings. The fourth-order valence-electron chi connectivity index (χ4n) is 4.61. The van der Waals surface area contributed by atoms with Crippen molar-refractivity contribution in [2.24, 2.45) is 5.92 Å². The van der Waals surface area contributed by atoms with Gasteiger partial charge in [-0.2, -0.15) is 5.10 Å². The van der Waals surface area contributed by atoms with Crippen molar-refractivity contribution < 1.29 is 14.0 Å². The van der Waals surface area contributed by atoms with E-state index in [0.29, 0.717) is 24.5 Å². The summed E-state index contributed by atoms with van der Waals surface area (Å²) >= 11 is 0. The van der Waals surface area contributed by atoms with Gasteiger partial charge in [-0.15, -0.1) is 0 Å². The lowest BCUT2D eigenvalue weighted by Crippen LogP contribution is -2.42. The molecule has 0 radical (unpaired) electrons. The fourth-order valence-corrected chi connectivity index (χ4v) is 4.61. The molecule has 1 aromatic carbocycles. The minimum Gasteiger partial charge on any atom is -0.329 e. The summed E-state index contributed by atoms with van der Waals surface area (Å²) in [5.74, 6) is -0.338. The number of rotatable bonds is 6. The standard InChI is InChI=1S/C25H27FN6O3/c26-18-9-7-16(8-10-18)15-31-13-11-27-22(24(31)34)25(35)32-12-2-1-6-20(32)19-14-21(30-29-19)28-23(33)17-4-3-5-17/h7-11,13-14,17,20H,1-6,12,15H2,(H2,28,29,30,33). The van der Waals surface area contributed by atoms with Gasteiger partial charge in [0.05, 0.1) is 18.3 Å². The maximum atomic E-state index is 13.5. The fraction of sp³-hybridized carbons (Fsp3) is 0.400. The van der Waals surface area contributed by atoms with Gasteiger partial charge in [0.25, 0.3) is 11.5 Å². The topological polar surface area (TPSA) is 113 Å². The third-order valence-electron chi connectivity index (χ3n) is 6.83. The second kappa shape index (κ2) is 9.81. The molecule has 182 valence electrons. The normalized spacial score (nSPS) is 18.2. The van der Waals surface area contributed by atoms with E-state index >= 15 is 0 Å². The molecule has 2 amide bonds. The Hall–Kier alpha value is -3.82. The van der Waals surface area contributed by atoms with Gasteiger partial charge < -0.3 is 14.8 Å². The van der Waals surface area contributed by atoms with Crippen LogP contribution in [0.4, 0.5) is 10.2 Å². The van der Waals surface area contributed by atoms with Crippen LogP contribution < -0.4 is 10.9 Å². The van der Waals surface area contributed by atoms with Crippen LogP contribution in [0.3, 0.4) is 0 Å². The Bertz CT molecular complexity index is 1280. The van der Waals surface area contributed by atoms with Crippen molar-refractivity contribution >= 4 is 17.6 Å². The van der Waals surface area contributed by atoms with E-state index in [9.17, 15) is 18.8 Å². The largest absolute Gasteiger partial charge is 0.329 e. The van der Waals surface area contributed by atoms with Crippen LogP contribution in [-0.4, -0.2) is 43.0 Å². The van der Waals surface area contributed by atoms with Crippen LogP contribution in [-0.2, 0) is 11.3 Å². The minimum atomic E-state index is -0.496. The van der Waals surface area contributed by atoms with Crippen LogP contribution in [0.25, 0.3) is 0 Å². The Balaban J connectivity index is 1.35. The molecule has 1 atom stereocenters. The average molecular weight is 479 g/mol. The number of halogens is 1. The molecule has 0 bridgehead atoms. The highest BCUT2D eigenvalue weighted by Crippen LogP contribution is 2.32. The quantitative estimate of drug-likeness (QED) is 0.565. The van der Waals surface area contributed by atoms with Crippen molar-refractivity contribution in [1.29, 1.82) is 0 Å². The predicted octanol–water partition coefficient (Wildman–Crippen LogP) is 3.26. The number of carbonyl (C=O) groups excluding carboxylic acids is 2. The monoisotopic (exact) mass is 478 g/mol. The second-order valence-electron chi connectivity index (χ2n) is 9.17. The highest BCUT2D eigenvalue weighted by Gasteiger charge is 2.33. The zero-order valence-corrected chi connectivity index (χ0v) is 19.2. The van der Waals surface area contributed by atoms with Crippen LogP contribution in [0.15, 0.2) is 47.5 Å². The van der Waals surface area contributed by atoms with Gasteiger partial charge in [-0.25, -0.2) is 9.37 Å². The highest BCUT2D eigenvalue weighted by atomic mass is 19.1. The zero-order valence-electron chi connectivity index (χ0n) is 19.2. The molecular weight excluding hydrogens is 451 g/mol. The summed E-state index contributed by atoms with van der Waals surface area (Å²) < 4.78 is 14.6. The number of nitrogens with zero attached hydrogens (tertiary/aromatic N) is 4. The molecule has 1 aliphatic carbocycles. The Morgan fingerprint density at radius 2 is 1.91 bits per heavy atom. The van der Waals surface area contributed by atoms with Crippen LogP contribution in [0, 0.1) is 11.7 Å². The third-order valence-corrected chi connectivity index (χ3v) is 6.83. The summed E-state index contributed by atoms with van der Waals surface area (Å²) in [6.07, 6.45) is 8.27. The first kappa shape index (κ1) is 22.9. The van der Waals surface area contributed by atoms with Gasteiger partial charge in [0.15, 0.2) is 11.5 Å². The SMILES string of the molecule is O=C(Nc1cc(C2CCCCN2C(=O)c2nccn(Cc3ccc(F)cc3)c2=O)[nH]n1)C1CCC1. The number of anilines is 1. The van der Waals surface area contributed by atoms with Crippen molar-refractivity contribution in [2.75, 3.05) is 11.9 Å². The van der Waals surface area contributed by atoms with E-state index in [4.69, 9.17) is 0 Å². The van der Waals surface area contributed by atoms with Crippen LogP contribution in [0.5, 0.6) is 0 Å². The lowest BCUT2D eigenvalue weighted by Gasteiger charge is -2.34. The van der Waals surface area contributed by atoms with E-state index in [1.54, 1.807) is 23.1 Å². The van der Waals surface area contributed by atoms with E-state index in [2.05, 4.69) is 20.5 Å². The maximum Gasteiger partial charge on any atom is 0.282 e. The number of benzene rings is 1. The van der Waals surface area contributed by atoms with Gasteiger partial charge in [-0.1, -0.05) is 18.6 Å². The first-order valence-corrected chi connectivity index (χ1v) is 12.0. The Morgan fingerprint density at radius 1 is 1.11 bits per heavy atom. The number of aromatic amines is 1. The number of H-pyrrole nitrogens is 1. The van der Waals surface area contributed by atoms with Gasteiger partial charge in [0.2, 0.25) is 5.91 Å². The molecule has 2 N–H and O–H groups in total. The van der Waals surface area contributed by atoms with E-state index in [-0.39, 0.29) is 35.9 Å². The van der Waals surface area contributed by atoms with Crippen molar-refractivity contribution in [3.8, 4) is 0 Å². The summed E-state index contributed by atoms with van der Waals surface area (Å²) in [5, 5.41) is 10.0. The molecule has 1 saturated heterocycles. The number of hydrogen-bond donors (Lipinski definition) is 2. The van der Waals surface area contributed by atoms with E-state index in [1.807, 2.05) is 0 Å². The van der Waals surface area contributed by atoms with Crippen LogP contribution >= 0.6 is 0 Å². The Kier molecular flexibility index (Phi) is 6.43. The number of hydrogen-bond acceptors (Lipinski definition) is 5. The molecule has 1 unspecified atom stereocenters. The van der Waals surface area contributed by atoms with Crippen LogP contribution in [0.1, 0.15) is 66.3 Å². The summed E-state index contributed by atoms with van der Waals surface area (Å²) in [6.45, 7) is 0.691. The number of carbonyl (C=O) groups is 2. The lowest BCUT2D eigenvalue weighted by molar-refractivity contribution is -0.122. The molecule has 9 nitrogen and oxygen atoms in total. The summed E-state index contributed by atoms with van der Waals surface area (Å²) in [4.78, 5) is 44.6. The van der Waals surface area contributed by atoms with Crippen molar-refractivity contribution in [3.63, 3.8) is 0 Å². The second-order valence-corrected chi connectivity index (χ2v) is 9.17. The molecule has 1 aliphatic heterocycles. The molecule has 2 aliphatic rings. The zero-order chi connectivity index (χ0) is 24.4. The van der Waals surface area contributed by atoms with Crippen molar-refractivity contribution in [1.82, 2.24) is 24.6 Å². The van der Waals surface area contributed by atoms with E-state index in [1.165, 1.54) is 29.1 Å². The van der Waals surface area contributed by atoms with Gasteiger partial charge in [-0.3, -0.25) is 19.5 Å². The number of aromatic nitrogens is 4. The van der Waals surface area contributed by atoms with Gasteiger partial charge >= 0.3 is 0 Å². The molecular formula is C25H27FN6O3. The number of piperidine rings is 1. The maximum absolute atomic E-state index is 13.5. The molecule has 3 aromatic rings. The molecule has 10 heteroatoms. The summed E-state index contributed by atoms with van der Waals surface area (Å²) in [6, 6.07) is 7.33. The number of nitrogens with one attached hydrogen (secondary N) is 2. The molecule has 5 rings (SSSR count). The lowest BCUT2D eigenvalue weighted by atomic mass is 9.85. The van der Waals surface area contributed by atoms with Gasteiger partial charge in [-0.05, 0) is 49.8 Å². The average Bonchev–Trinajstić information content (AvgIpc) is 3.28. The van der Waals surface area contributed by atoms with Gasteiger partial charge in [0.1, 0.15) is 5.82 Å². The third kappa shape index (κ3) is 4.87. The van der Waals surface area contributed by atoms with E-state index < -0.39 is 11.5 Å². The van der Waals surface area contributed by atoms with E-state index in [0.717, 1.165) is 37.7 Å². The molecule has 35 heavy (non-hydrogen) atoms. The molecule has 0 spiro atoms. The Labute approximate surface area is 201 Å². The minimum absolute atomic E-state index is 0.0268. The first-order chi connectivity index (χ1) is 17.0. The summed E-state index contributed by atoms with van der Waals surface area (Å²) in [5.41, 5.74) is 0.802. The summed E-state index contributed by atoms with van der Waals surface area (Å²) in [7, 11) is 0. The van der Waals surface area contributed by atoms with Crippen LogP contribution in [0.2, 0.25) is 0 Å². The number of likely N-dealkylation sites (tertiary alicyclic amines) is 1. The smallest absolute Gasteiger partial charge is 0.282 e. The van der Waals surface area contributed by atoms with Crippen molar-refractivity contribution in [2.45, 2.75) is 51.1 Å². The first-order valence-electron chi connectivity index (χ1n) is 12.0. The Morgan fingerprint density at radius 3 is 2.66 bits per heavy atom. The predicted molar refractivity (Wildman–Crippen MR) is 126 cm³/mol. The molecule has 2 aromatic heterocycles. The van der Waals surface area contributed by atoms with Crippen molar-refractivity contribution in [3.05, 3.63) is 75.8 Å². The molecule has 3 heterocycles. The number of amides is 2. The van der Waals surface area contributed by atoms with Gasteiger partial charge in [0, 0.05) is 30.9 Å². The molecule has 1 saturated carbocycles.